The van der Waals surface area contributed by atoms with Crippen molar-refractivity contribution in [3.05, 3.63) is 65.3 Å². The molecule has 2 amide bonds. The van der Waals surface area contributed by atoms with Gasteiger partial charge in [-0.15, -0.1) is 0 Å². The molecule has 1 aliphatic carbocycles. The van der Waals surface area contributed by atoms with Crippen LogP contribution in [0.25, 0.3) is 10.8 Å². The third-order valence-corrected chi connectivity index (χ3v) is 7.80. The number of aromatic nitrogens is 1. The van der Waals surface area contributed by atoms with Gasteiger partial charge in [0.1, 0.15) is 0 Å². The Labute approximate surface area is 214 Å². The Morgan fingerprint density at radius 2 is 1.77 bits per heavy atom. The molecule has 5 rings (SSSR count). The highest BCUT2D eigenvalue weighted by Gasteiger charge is 2.31. The van der Waals surface area contributed by atoms with Crippen molar-refractivity contribution in [1.29, 1.82) is 0 Å². The Balaban J connectivity index is 1.36. The molecule has 7 nitrogen and oxygen atoms in total. The molecule has 0 saturated carbocycles. The Bertz CT molecular complexity index is 1180. The number of benzene rings is 1. The van der Waals surface area contributed by atoms with Crippen LogP contribution in [0.4, 0.5) is 0 Å². The Morgan fingerprint density at radius 3 is 2.60 bits per heavy atom. The van der Waals surface area contributed by atoms with Crippen LogP contribution in [0.3, 0.4) is 0 Å². The molecule has 8 heteroatoms. The minimum absolute atomic E-state index is 0.00734. The molecule has 3 aliphatic rings. The monoisotopic (exact) mass is 537 g/mol. The molecule has 3 N–H and O–H groups in total. The van der Waals surface area contributed by atoms with Crippen molar-refractivity contribution in [2.24, 2.45) is 5.73 Å². The quantitative estimate of drug-likeness (QED) is 0.580. The van der Waals surface area contributed by atoms with E-state index in [1.54, 1.807) is 12.4 Å². The summed E-state index contributed by atoms with van der Waals surface area (Å²) in [5.41, 5.74) is 9.15. The van der Waals surface area contributed by atoms with Gasteiger partial charge in [0.05, 0.1) is 17.0 Å². The van der Waals surface area contributed by atoms with Gasteiger partial charge in [0.2, 0.25) is 0 Å². The fourth-order valence-corrected chi connectivity index (χ4v) is 6.01. The lowest BCUT2D eigenvalue weighted by Crippen LogP contribution is -2.49. The fraction of sp³-hybridized carbons (Fsp3) is 0.444. The largest absolute Gasteiger partial charge is 0.397 e. The van der Waals surface area contributed by atoms with Gasteiger partial charge < -0.3 is 20.9 Å². The van der Waals surface area contributed by atoms with Gasteiger partial charge in [-0.1, -0.05) is 40.2 Å². The molecule has 1 aromatic heterocycles. The second kappa shape index (κ2) is 10.4. The highest BCUT2D eigenvalue weighted by Crippen LogP contribution is 2.29. The van der Waals surface area contributed by atoms with Crippen molar-refractivity contribution in [3.8, 4) is 0 Å². The SMILES string of the molecule is NC1=CC(Br)CC(C(=O)N2CCCCC2)=C1N[C@@H]1CCCN(C(=O)c2cncc3ccccc23)C1. The minimum atomic E-state index is -0.00734. The van der Waals surface area contributed by atoms with E-state index in [1.165, 1.54) is 6.42 Å². The molecular weight excluding hydrogens is 506 g/mol. The third kappa shape index (κ3) is 5.08. The fourth-order valence-electron chi connectivity index (χ4n) is 5.40. The number of alkyl halides is 1. The normalized spacial score (nSPS) is 23.3. The van der Waals surface area contributed by atoms with Gasteiger partial charge in [-0.05, 0) is 50.0 Å². The van der Waals surface area contributed by atoms with E-state index in [4.69, 9.17) is 5.73 Å². The first-order valence-electron chi connectivity index (χ1n) is 12.5. The molecule has 1 unspecified atom stereocenters. The van der Waals surface area contributed by atoms with Crippen LogP contribution in [-0.4, -0.2) is 63.6 Å². The van der Waals surface area contributed by atoms with Crippen LogP contribution in [0.15, 0.2) is 59.7 Å². The smallest absolute Gasteiger partial charge is 0.256 e. The van der Waals surface area contributed by atoms with E-state index in [1.807, 2.05) is 40.1 Å². The van der Waals surface area contributed by atoms with Crippen molar-refractivity contribution in [3.63, 3.8) is 0 Å². The maximum absolute atomic E-state index is 13.5. The van der Waals surface area contributed by atoms with Gasteiger partial charge in [-0.2, -0.15) is 0 Å². The molecule has 2 atom stereocenters. The predicted octanol–water partition coefficient (Wildman–Crippen LogP) is 3.71. The summed E-state index contributed by atoms with van der Waals surface area (Å²) in [5, 5.41) is 5.46. The first kappa shape index (κ1) is 23.9. The number of hydrogen-bond acceptors (Lipinski definition) is 5. The lowest BCUT2D eigenvalue weighted by molar-refractivity contribution is -0.128. The van der Waals surface area contributed by atoms with Crippen molar-refractivity contribution < 1.29 is 9.59 Å². The number of carbonyl (C=O) groups excluding carboxylic acids is 2. The summed E-state index contributed by atoms with van der Waals surface area (Å²) in [6, 6.07) is 7.87. The number of nitrogens with zero attached hydrogens (tertiary/aromatic N) is 3. The number of nitrogens with two attached hydrogens (primary N) is 1. The average molecular weight is 538 g/mol. The predicted molar refractivity (Wildman–Crippen MR) is 141 cm³/mol. The molecule has 0 radical (unpaired) electrons. The summed E-state index contributed by atoms with van der Waals surface area (Å²) in [6.45, 7) is 2.86. The van der Waals surface area contributed by atoms with E-state index in [2.05, 4.69) is 26.2 Å². The van der Waals surface area contributed by atoms with Crippen LogP contribution in [0.2, 0.25) is 0 Å². The topological polar surface area (TPSA) is 91.6 Å². The van der Waals surface area contributed by atoms with Crippen molar-refractivity contribution in [2.45, 2.75) is 49.4 Å². The molecule has 0 spiro atoms. The van der Waals surface area contributed by atoms with Crippen LogP contribution < -0.4 is 11.1 Å². The molecular formula is C27H32BrN5O2. The number of hydrogen-bond donors (Lipinski definition) is 2. The van der Waals surface area contributed by atoms with Crippen LogP contribution in [0.5, 0.6) is 0 Å². The molecule has 2 aromatic rings. The van der Waals surface area contributed by atoms with Gasteiger partial charge in [-0.3, -0.25) is 14.6 Å². The molecule has 184 valence electrons. The van der Waals surface area contributed by atoms with Gasteiger partial charge in [0.15, 0.2) is 0 Å². The zero-order valence-corrected chi connectivity index (χ0v) is 21.5. The van der Waals surface area contributed by atoms with Gasteiger partial charge >= 0.3 is 0 Å². The van der Waals surface area contributed by atoms with E-state index >= 15 is 0 Å². The molecule has 0 bridgehead atoms. The summed E-state index contributed by atoms with van der Waals surface area (Å²) in [6.07, 6.45) is 11.1. The van der Waals surface area contributed by atoms with Gasteiger partial charge in [0, 0.05) is 60.4 Å². The first-order valence-corrected chi connectivity index (χ1v) is 13.5. The number of rotatable bonds is 4. The number of piperidine rings is 2. The number of allylic oxidation sites excluding steroid dienone is 1. The number of likely N-dealkylation sites (tertiary alicyclic amines) is 2. The summed E-state index contributed by atoms with van der Waals surface area (Å²) < 4.78 is 0. The van der Waals surface area contributed by atoms with Crippen molar-refractivity contribution in [2.75, 3.05) is 26.2 Å². The number of amides is 2. The number of nitrogens with one attached hydrogen (secondary N) is 1. The lowest BCUT2D eigenvalue weighted by Gasteiger charge is -2.36. The summed E-state index contributed by atoms with van der Waals surface area (Å²) in [4.78, 5) is 35.1. The standard InChI is InChI=1S/C27H32BrN5O2/c28-19-13-22(26(34)32-10-4-1-5-11-32)25(24(29)14-19)31-20-8-6-12-33(17-20)27(35)23-16-30-15-18-7-2-3-9-21(18)23/h2-3,7,9,14-16,19-20,31H,1,4-6,8,10-13,17,29H2/t19?,20-/m1/s1. The Kier molecular flexibility index (Phi) is 7.09. The molecule has 35 heavy (non-hydrogen) atoms. The van der Waals surface area contributed by atoms with E-state index in [-0.39, 0.29) is 22.7 Å². The highest BCUT2D eigenvalue weighted by atomic mass is 79.9. The number of halogens is 1. The van der Waals surface area contributed by atoms with Gasteiger partial charge in [-0.25, -0.2) is 0 Å². The maximum atomic E-state index is 13.5. The molecule has 1 aromatic carbocycles. The first-order chi connectivity index (χ1) is 17.0. The third-order valence-electron chi connectivity index (χ3n) is 7.21. The van der Waals surface area contributed by atoms with E-state index < -0.39 is 0 Å². The molecule has 2 saturated heterocycles. The van der Waals surface area contributed by atoms with Crippen LogP contribution in [0.1, 0.15) is 48.9 Å². The average Bonchev–Trinajstić information content (AvgIpc) is 2.89. The number of fused-ring (bicyclic) bond motifs is 1. The van der Waals surface area contributed by atoms with Crippen molar-refractivity contribution >= 4 is 38.5 Å². The highest BCUT2D eigenvalue weighted by molar-refractivity contribution is 9.09. The minimum Gasteiger partial charge on any atom is -0.397 e. The molecule has 3 heterocycles. The second-order valence-corrected chi connectivity index (χ2v) is 10.9. The summed E-state index contributed by atoms with van der Waals surface area (Å²) >= 11 is 3.64. The zero-order valence-electron chi connectivity index (χ0n) is 19.9. The van der Waals surface area contributed by atoms with Gasteiger partial charge in [0.25, 0.3) is 11.8 Å². The van der Waals surface area contributed by atoms with Crippen molar-refractivity contribution in [1.82, 2.24) is 20.1 Å². The zero-order chi connectivity index (χ0) is 24.4. The summed E-state index contributed by atoms with van der Waals surface area (Å²) in [5.74, 6) is 0.0744. The number of pyridine rings is 1. The Hall–Kier alpha value is -2.87. The van der Waals surface area contributed by atoms with Crippen LogP contribution in [0, 0.1) is 0 Å². The van der Waals surface area contributed by atoms with Crippen LogP contribution >= 0.6 is 15.9 Å². The second-order valence-electron chi connectivity index (χ2n) is 9.69. The number of carbonyl (C=O) groups is 2. The van der Waals surface area contributed by atoms with E-state index in [9.17, 15) is 9.59 Å². The molecule has 2 fully saturated rings. The van der Waals surface area contributed by atoms with Crippen LogP contribution in [-0.2, 0) is 4.79 Å². The maximum Gasteiger partial charge on any atom is 0.256 e. The molecule has 2 aliphatic heterocycles. The summed E-state index contributed by atoms with van der Waals surface area (Å²) in [7, 11) is 0. The van der Waals surface area contributed by atoms with E-state index in [0.717, 1.165) is 60.8 Å². The van der Waals surface area contributed by atoms with E-state index in [0.29, 0.717) is 30.8 Å². The lowest BCUT2D eigenvalue weighted by atomic mass is 9.95. The Morgan fingerprint density at radius 1 is 1.00 bits per heavy atom.